The molecule has 0 unspecified atom stereocenters. The SMILES string of the molecule is CC#CC(=O)N1CCC(NC(=O)Cc2cccc(OC)c2)CC1. The molecule has 0 radical (unpaired) electrons. The van der Waals surface area contributed by atoms with E-state index in [9.17, 15) is 9.59 Å². The van der Waals surface area contributed by atoms with Gasteiger partial charge in [0, 0.05) is 19.1 Å². The van der Waals surface area contributed by atoms with E-state index in [2.05, 4.69) is 17.2 Å². The fourth-order valence-electron chi connectivity index (χ4n) is 2.66. The number of rotatable bonds is 4. The lowest BCUT2D eigenvalue weighted by Crippen LogP contribution is -2.46. The number of nitrogens with one attached hydrogen (secondary N) is 1. The number of hydrogen-bond acceptors (Lipinski definition) is 3. The zero-order valence-electron chi connectivity index (χ0n) is 13.6. The molecule has 5 nitrogen and oxygen atoms in total. The average molecular weight is 314 g/mol. The standard InChI is InChI=1S/C18H22N2O3/c1-3-5-18(22)20-10-8-15(9-11-20)19-17(21)13-14-6-4-7-16(12-14)23-2/h4,6-7,12,15H,8-11,13H2,1-2H3,(H,19,21). The predicted molar refractivity (Wildman–Crippen MR) is 87.9 cm³/mol. The molecule has 0 bridgehead atoms. The number of ether oxygens (including phenoxy) is 1. The van der Waals surface area contributed by atoms with Crippen molar-refractivity contribution >= 4 is 11.8 Å². The van der Waals surface area contributed by atoms with Crippen LogP contribution in [0.2, 0.25) is 0 Å². The zero-order valence-corrected chi connectivity index (χ0v) is 13.6. The van der Waals surface area contributed by atoms with Crippen molar-refractivity contribution in [1.82, 2.24) is 10.2 Å². The molecule has 1 aliphatic heterocycles. The Labute approximate surface area is 137 Å². The van der Waals surface area contributed by atoms with E-state index in [-0.39, 0.29) is 17.9 Å². The highest BCUT2D eigenvalue weighted by Crippen LogP contribution is 2.14. The molecule has 0 saturated carbocycles. The van der Waals surface area contributed by atoms with Crippen LogP contribution in [0.5, 0.6) is 5.75 Å². The van der Waals surface area contributed by atoms with Crippen molar-refractivity contribution in [3.8, 4) is 17.6 Å². The van der Waals surface area contributed by atoms with E-state index in [0.29, 0.717) is 19.5 Å². The van der Waals surface area contributed by atoms with Crippen molar-refractivity contribution in [2.75, 3.05) is 20.2 Å². The molecule has 1 aromatic carbocycles. The number of hydrogen-bond donors (Lipinski definition) is 1. The smallest absolute Gasteiger partial charge is 0.298 e. The third-order valence-corrected chi connectivity index (χ3v) is 3.88. The van der Waals surface area contributed by atoms with Gasteiger partial charge in [-0.2, -0.15) is 0 Å². The summed E-state index contributed by atoms with van der Waals surface area (Å²) in [6.45, 7) is 2.93. The number of carbonyl (C=O) groups excluding carboxylic acids is 2. The Morgan fingerprint density at radius 3 is 2.74 bits per heavy atom. The second-order valence-corrected chi connectivity index (χ2v) is 5.54. The van der Waals surface area contributed by atoms with Gasteiger partial charge in [-0.1, -0.05) is 18.1 Å². The first-order chi connectivity index (χ1) is 11.1. The van der Waals surface area contributed by atoms with E-state index in [1.807, 2.05) is 24.3 Å². The number of carbonyl (C=O) groups is 2. The summed E-state index contributed by atoms with van der Waals surface area (Å²) in [5.74, 6) is 5.79. The number of nitrogens with zero attached hydrogens (tertiary/aromatic N) is 1. The van der Waals surface area contributed by atoms with Gasteiger partial charge in [0.15, 0.2) is 0 Å². The number of amides is 2. The van der Waals surface area contributed by atoms with Gasteiger partial charge in [-0.15, -0.1) is 0 Å². The molecule has 1 saturated heterocycles. The Balaban J connectivity index is 1.80. The van der Waals surface area contributed by atoms with Gasteiger partial charge in [-0.05, 0) is 43.4 Å². The molecule has 0 spiro atoms. The lowest BCUT2D eigenvalue weighted by Gasteiger charge is -2.31. The molecular weight excluding hydrogens is 292 g/mol. The molecule has 2 rings (SSSR count). The van der Waals surface area contributed by atoms with Crippen LogP contribution in [0.1, 0.15) is 25.3 Å². The number of likely N-dealkylation sites (tertiary alicyclic amines) is 1. The van der Waals surface area contributed by atoms with E-state index < -0.39 is 0 Å². The third kappa shape index (κ3) is 5.03. The molecule has 122 valence electrons. The minimum Gasteiger partial charge on any atom is -0.497 e. The summed E-state index contributed by atoms with van der Waals surface area (Å²) in [7, 11) is 1.61. The van der Waals surface area contributed by atoms with Crippen LogP contribution in [0.4, 0.5) is 0 Å². The Morgan fingerprint density at radius 2 is 2.09 bits per heavy atom. The lowest BCUT2D eigenvalue weighted by molar-refractivity contribution is -0.126. The summed E-state index contributed by atoms with van der Waals surface area (Å²) in [6, 6.07) is 7.62. The van der Waals surface area contributed by atoms with Crippen molar-refractivity contribution in [1.29, 1.82) is 0 Å². The average Bonchev–Trinajstić information content (AvgIpc) is 2.55. The van der Waals surface area contributed by atoms with E-state index in [1.165, 1.54) is 0 Å². The summed E-state index contributed by atoms with van der Waals surface area (Å²) in [6.07, 6.45) is 1.86. The van der Waals surface area contributed by atoms with Crippen LogP contribution in [0, 0.1) is 11.8 Å². The molecule has 1 heterocycles. The molecule has 2 amide bonds. The molecule has 1 aromatic rings. The number of benzene rings is 1. The second-order valence-electron chi connectivity index (χ2n) is 5.54. The van der Waals surface area contributed by atoms with Crippen LogP contribution in [0.3, 0.4) is 0 Å². The fraction of sp³-hybridized carbons (Fsp3) is 0.444. The molecule has 0 aromatic heterocycles. The first-order valence-electron chi connectivity index (χ1n) is 7.76. The van der Waals surface area contributed by atoms with Crippen LogP contribution in [-0.4, -0.2) is 43.0 Å². The number of piperidine rings is 1. The predicted octanol–water partition coefficient (Wildman–Crippen LogP) is 1.37. The molecular formula is C18H22N2O3. The zero-order chi connectivity index (χ0) is 16.7. The summed E-state index contributed by atoms with van der Waals surface area (Å²) in [4.78, 5) is 25.6. The maximum Gasteiger partial charge on any atom is 0.298 e. The van der Waals surface area contributed by atoms with Gasteiger partial charge < -0.3 is 15.0 Å². The topological polar surface area (TPSA) is 58.6 Å². The van der Waals surface area contributed by atoms with Crippen LogP contribution in [0.25, 0.3) is 0 Å². The van der Waals surface area contributed by atoms with E-state index >= 15 is 0 Å². The Hall–Kier alpha value is -2.48. The summed E-state index contributed by atoms with van der Waals surface area (Å²) < 4.78 is 5.16. The Bertz CT molecular complexity index is 623. The van der Waals surface area contributed by atoms with Gasteiger partial charge in [-0.3, -0.25) is 9.59 Å². The third-order valence-electron chi connectivity index (χ3n) is 3.88. The largest absolute Gasteiger partial charge is 0.497 e. The molecule has 23 heavy (non-hydrogen) atoms. The minimum atomic E-state index is -0.131. The highest BCUT2D eigenvalue weighted by molar-refractivity contribution is 5.93. The van der Waals surface area contributed by atoms with Gasteiger partial charge in [-0.25, -0.2) is 0 Å². The Morgan fingerprint density at radius 1 is 1.35 bits per heavy atom. The first kappa shape index (κ1) is 16.9. The minimum absolute atomic E-state index is 0.00335. The van der Waals surface area contributed by atoms with Gasteiger partial charge in [0.05, 0.1) is 13.5 Å². The Kier molecular flexibility index (Phi) is 6.04. The normalized spacial score (nSPS) is 14.6. The van der Waals surface area contributed by atoms with E-state index in [1.54, 1.807) is 18.9 Å². The monoisotopic (exact) mass is 314 g/mol. The molecule has 1 N–H and O–H groups in total. The summed E-state index contributed by atoms with van der Waals surface area (Å²) >= 11 is 0. The molecule has 1 fully saturated rings. The van der Waals surface area contributed by atoms with Crippen molar-refractivity contribution in [2.45, 2.75) is 32.2 Å². The van der Waals surface area contributed by atoms with Crippen LogP contribution < -0.4 is 10.1 Å². The maximum atomic E-state index is 12.1. The lowest BCUT2D eigenvalue weighted by atomic mass is 10.0. The van der Waals surface area contributed by atoms with Crippen molar-refractivity contribution in [2.24, 2.45) is 0 Å². The van der Waals surface area contributed by atoms with Gasteiger partial charge in [0.25, 0.3) is 5.91 Å². The maximum absolute atomic E-state index is 12.1. The quantitative estimate of drug-likeness (QED) is 0.854. The van der Waals surface area contributed by atoms with Gasteiger partial charge in [0.1, 0.15) is 5.75 Å². The summed E-state index contributed by atoms with van der Waals surface area (Å²) in [5, 5.41) is 3.04. The van der Waals surface area contributed by atoms with Gasteiger partial charge in [0.2, 0.25) is 5.91 Å². The van der Waals surface area contributed by atoms with Gasteiger partial charge >= 0.3 is 0 Å². The molecule has 0 aliphatic carbocycles. The molecule has 1 aliphatic rings. The van der Waals surface area contributed by atoms with Crippen molar-refractivity contribution in [3.05, 3.63) is 29.8 Å². The highest BCUT2D eigenvalue weighted by atomic mass is 16.5. The van der Waals surface area contributed by atoms with E-state index in [4.69, 9.17) is 4.74 Å². The molecule has 0 atom stereocenters. The highest BCUT2D eigenvalue weighted by Gasteiger charge is 2.22. The molecule has 5 heteroatoms. The number of methoxy groups -OCH3 is 1. The first-order valence-corrected chi connectivity index (χ1v) is 7.76. The van der Waals surface area contributed by atoms with Crippen LogP contribution >= 0.6 is 0 Å². The van der Waals surface area contributed by atoms with Crippen LogP contribution in [-0.2, 0) is 16.0 Å². The summed E-state index contributed by atoms with van der Waals surface area (Å²) in [5.41, 5.74) is 0.924. The second kappa shape index (κ2) is 8.23. The van der Waals surface area contributed by atoms with E-state index in [0.717, 1.165) is 24.2 Å². The van der Waals surface area contributed by atoms with Crippen molar-refractivity contribution < 1.29 is 14.3 Å². The van der Waals surface area contributed by atoms with Crippen molar-refractivity contribution in [3.63, 3.8) is 0 Å². The van der Waals surface area contributed by atoms with Crippen LogP contribution in [0.15, 0.2) is 24.3 Å². The fourth-order valence-corrected chi connectivity index (χ4v) is 2.66.